The Morgan fingerprint density at radius 3 is 1.60 bits per heavy atom. The van der Waals surface area contributed by atoms with Gasteiger partial charge in [0, 0.05) is 33.2 Å². The van der Waals surface area contributed by atoms with Crippen LogP contribution in [-0.2, 0) is 0 Å². The summed E-state index contributed by atoms with van der Waals surface area (Å²) >= 11 is 0. The fraction of sp³-hybridized carbons (Fsp3) is 0.0357. The monoisotopic (exact) mass is 385 g/mol. The minimum absolute atomic E-state index is 0.0650. The van der Waals surface area contributed by atoms with Crippen LogP contribution in [0.2, 0.25) is 0 Å². The van der Waals surface area contributed by atoms with Crippen LogP contribution in [0.25, 0.3) is 27.5 Å². The molecule has 0 fully saturated rings. The van der Waals surface area contributed by atoms with Gasteiger partial charge >= 0.3 is 0 Å². The van der Waals surface area contributed by atoms with Crippen LogP contribution < -0.4 is 0 Å². The van der Waals surface area contributed by atoms with Gasteiger partial charge in [0.05, 0.1) is 11.0 Å². The lowest BCUT2D eigenvalue weighted by Crippen LogP contribution is -1.93. The second kappa shape index (κ2) is 7.39. The summed E-state index contributed by atoms with van der Waals surface area (Å²) in [5, 5.41) is 2.51. The molecule has 0 radical (unpaired) electrons. The summed E-state index contributed by atoms with van der Waals surface area (Å²) in [6, 6.07) is 32.7. The van der Waals surface area contributed by atoms with E-state index in [4.69, 9.17) is 0 Å². The Bertz CT molecular complexity index is 1390. The molecule has 0 atom stereocenters. The maximum absolute atomic E-state index is 11.4. The van der Waals surface area contributed by atoms with E-state index in [1.54, 1.807) is 6.92 Å². The lowest BCUT2D eigenvalue weighted by Gasteiger charge is -2.07. The second-order valence-corrected chi connectivity index (χ2v) is 7.30. The molecule has 1 heterocycles. The summed E-state index contributed by atoms with van der Waals surface area (Å²) in [6.45, 7) is 1.57. The van der Waals surface area contributed by atoms with E-state index < -0.39 is 0 Å². The van der Waals surface area contributed by atoms with E-state index in [1.165, 1.54) is 21.8 Å². The Morgan fingerprint density at radius 1 is 0.633 bits per heavy atom. The molecule has 0 N–H and O–H groups in total. The highest BCUT2D eigenvalue weighted by molar-refractivity contribution is 6.09. The molecule has 0 aliphatic rings. The van der Waals surface area contributed by atoms with Gasteiger partial charge in [0.25, 0.3) is 0 Å². The molecule has 0 saturated heterocycles. The zero-order valence-electron chi connectivity index (χ0n) is 16.6. The van der Waals surface area contributed by atoms with Gasteiger partial charge in [0.1, 0.15) is 0 Å². The molecule has 0 amide bonds. The van der Waals surface area contributed by atoms with E-state index in [0.29, 0.717) is 5.56 Å². The average Bonchev–Trinajstić information content (AvgIpc) is 3.13. The first-order chi connectivity index (χ1) is 14.7. The van der Waals surface area contributed by atoms with Crippen LogP contribution in [0.5, 0.6) is 0 Å². The molecule has 0 saturated carbocycles. The summed E-state index contributed by atoms with van der Waals surface area (Å²) in [6.07, 6.45) is 0. The standard InChI is InChI=1S/C28H19NO/c1-20(30)23-16-12-21(13-17-23)10-11-22-14-18-24(19-15-22)29-27-8-4-2-6-25(27)26-7-3-5-9-28(26)29/h2-9,12-19H,1H3. The normalized spacial score (nSPS) is 10.7. The first kappa shape index (κ1) is 18.0. The van der Waals surface area contributed by atoms with E-state index in [-0.39, 0.29) is 5.78 Å². The Labute approximate surface area is 175 Å². The summed E-state index contributed by atoms with van der Waals surface area (Å²) in [7, 11) is 0. The lowest BCUT2D eigenvalue weighted by atomic mass is 10.1. The highest BCUT2D eigenvalue weighted by Crippen LogP contribution is 2.31. The maximum Gasteiger partial charge on any atom is 0.159 e. The van der Waals surface area contributed by atoms with Gasteiger partial charge in [-0.1, -0.05) is 60.4 Å². The van der Waals surface area contributed by atoms with Crippen molar-refractivity contribution in [3.63, 3.8) is 0 Å². The molecule has 2 heteroatoms. The van der Waals surface area contributed by atoms with Crippen LogP contribution in [0.3, 0.4) is 0 Å². The highest BCUT2D eigenvalue weighted by Gasteiger charge is 2.10. The number of carbonyl (C=O) groups excluding carboxylic acids is 1. The number of hydrogen-bond donors (Lipinski definition) is 0. The summed E-state index contributed by atoms with van der Waals surface area (Å²) < 4.78 is 2.29. The number of ketones is 1. The van der Waals surface area contributed by atoms with Crippen LogP contribution in [0.4, 0.5) is 0 Å². The first-order valence-electron chi connectivity index (χ1n) is 9.92. The van der Waals surface area contributed by atoms with Crippen molar-refractivity contribution in [1.29, 1.82) is 0 Å². The van der Waals surface area contributed by atoms with Gasteiger partial charge in [-0.15, -0.1) is 0 Å². The fourth-order valence-electron chi connectivity index (χ4n) is 3.83. The summed E-state index contributed by atoms with van der Waals surface area (Å²) in [5.74, 6) is 6.45. The minimum atomic E-state index is 0.0650. The number of para-hydroxylation sites is 2. The molecule has 1 aromatic heterocycles. The van der Waals surface area contributed by atoms with Gasteiger partial charge in [-0.3, -0.25) is 4.79 Å². The highest BCUT2D eigenvalue weighted by atomic mass is 16.1. The molecule has 0 aliphatic carbocycles. The van der Waals surface area contributed by atoms with Crippen molar-refractivity contribution >= 4 is 27.6 Å². The van der Waals surface area contributed by atoms with Crippen molar-refractivity contribution in [3.8, 4) is 17.5 Å². The lowest BCUT2D eigenvalue weighted by molar-refractivity contribution is 0.101. The van der Waals surface area contributed by atoms with Crippen molar-refractivity contribution in [2.45, 2.75) is 6.92 Å². The van der Waals surface area contributed by atoms with Gasteiger partial charge in [0.15, 0.2) is 5.78 Å². The molecule has 4 aromatic carbocycles. The third-order valence-corrected chi connectivity index (χ3v) is 5.35. The van der Waals surface area contributed by atoms with Crippen molar-refractivity contribution < 1.29 is 4.79 Å². The van der Waals surface area contributed by atoms with Gasteiger partial charge in [-0.05, 0) is 55.5 Å². The quantitative estimate of drug-likeness (QED) is 0.255. The third kappa shape index (κ3) is 3.17. The molecular formula is C28H19NO. The van der Waals surface area contributed by atoms with Crippen molar-refractivity contribution in [1.82, 2.24) is 4.57 Å². The number of nitrogens with zero attached hydrogens (tertiary/aromatic N) is 1. The number of rotatable bonds is 2. The van der Waals surface area contributed by atoms with Crippen LogP contribution in [0, 0.1) is 11.8 Å². The molecular weight excluding hydrogens is 366 g/mol. The maximum atomic E-state index is 11.4. The zero-order chi connectivity index (χ0) is 20.5. The molecule has 5 rings (SSSR count). The predicted octanol–water partition coefficient (Wildman–Crippen LogP) is 6.39. The van der Waals surface area contributed by atoms with Gasteiger partial charge in [-0.2, -0.15) is 0 Å². The number of fused-ring (bicyclic) bond motifs is 3. The SMILES string of the molecule is CC(=O)c1ccc(C#Cc2ccc(-n3c4ccccc4c4ccccc43)cc2)cc1. The fourth-order valence-corrected chi connectivity index (χ4v) is 3.83. The van der Waals surface area contributed by atoms with E-state index in [2.05, 4.69) is 89.2 Å². The zero-order valence-corrected chi connectivity index (χ0v) is 16.6. The van der Waals surface area contributed by atoms with Gasteiger partial charge in [0.2, 0.25) is 0 Å². The number of aromatic nitrogens is 1. The van der Waals surface area contributed by atoms with Crippen LogP contribution in [0.15, 0.2) is 97.1 Å². The summed E-state index contributed by atoms with van der Waals surface area (Å²) in [5.41, 5.74) is 6.06. The van der Waals surface area contributed by atoms with Crippen LogP contribution in [-0.4, -0.2) is 10.4 Å². The van der Waals surface area contributed by atoms with E-state index in [0.717, 1.165) is 16.8 Å². The average molecular weight is 385 g/mol. The third-order valence-electron chi connectivity index (χ3n) is 5.35. The topological polar surface area (TPSA) is 22.0 Å². The molecule has 0 spiro atoms. The Morgan fingerprint density at radius 2 is 1.10 bits per heavy atom. The van der Waals surface area contributed by atoms with E-state index >= 15 is 0 Å². The van der Waals surface area contributed by atoms with Gasteiger partial charge < -0.3 is 4.57 Å². The molecule has 142 valence electrons. The Kier molecular flexibility index (Phi) is 4.42. The summed E-state index contributed by atoms with van der Waals surface area (Å²) in [4.78, 5) is 11.4. The van der Waals surface area contributed by atoms with Crippen molar-refractivity contribution in [3.05, 3.63) is 114 Å². The molecule has 5 aromatic rings. The minimum Gasteiger partial charge on any atom is -0.309 e. The number of benzene rings is 4. The molecule has 0 aliphatic heterocycles. The largest absolute Gasteiger partial charge is 0.309 e. The smallest absolute Gasteiger partial charge is 0.159 e. The molecule has 30 heavy (non-hydrogen) atoms. The Balaban J connectivity index is 1.51. The number of hydrogen-bond acceptors (Lipinski definition) is 1. The van der Waals surface area contributed by atoms with E-state index in [1.807, 2.05) is 24.3 Å². The first-order valence-corrected chi connectivity index (χ1v) is 9.92. The second-order valence-electron chi connectivity index (χ2n) is 7.30. The predicted molar refractivity (Wildman–Crippen MR) is 123 cm³/mol. The van der Waals surface area contributed by atoms with Gasteiger partial charge in [-0.25, -0.2) is 0 Å². The number of Topliss-reactive ketones (excluding diaryl/α,β-unsaturated/α-hetero) is 1. The molecule has 2 nitrogen and oxygen atoms in total. The van der Waals surface area contributed by atoms with Crippen LogP contribution >= 0.6 is 0 Å². The molecule has 0 unspecified atom stereocenters. The van der Waals surface area contributed by atoms with Crippen molar-refractivity contribution in [2.75, 3.05) is 0 Å². The Hall–Kier alpha value is -4.09. The van der Waals surface area contributed by atoms with Crippen LogP contribution in [0.1, 0.15) is 28.4 Å². The molecule has 0 bridgehead atoms. The van der Waals surface area contributed by atoms with E-state index in [9.17, 15) is 4.79 Å². The van der Waals surface area contributed by atoms with Crippen molar-refractivity contribution in [2.24, 2.45) is 0 Å². The number of carbonyl (C=O) groups is 1.